The minimum atomic E-state index is -0.638. The van der Waals surface area contributed by atoms with Crippen LogP contribution in [0.3, 0.4) is 0 Å². The summed E-state index contributed by atoms with van der Waals surface area (Å²) in [6.45, 7) is -0.475. The number of hydrogen-bond donors (Lipinski definition) is 0. The van der Waals surface area contributed by atoms with Crippen molar-refractivity contribution in [1.82, 2.24) is 9.88 Å². The molecule has 12 heteroatoms. The average Bonchev–Trinajstić information content (AvgIpc) is 3.07. The molecule has 2 aromatic rings. The normalized spacial score (nSPS) is 15.6. The topological polar surface area (TPSA) is 110 Å². The van der Waals surface area contributed by atoms with E-state index in [0.717, 1.165) is 16.2 Å². The summed E-state index contributed by atoms with van der Waals surface area (Å²) in [5, 5.41) is 10.2. The highest BCUT2D eigenvalue weighted by Crippen LogP contribution is 2.36. The number of aromatic nitrogens is 1. The van der Waals surface area contributed by atoms with Gasteiger partial charge in [0.05, 0.1) is 21.3 Å². The highest BCUT2D eigenvalue weighted by atomic mass is 35.5. The molecule has 0 unspecified atom stereocenters. The van der Waals surface area contributed by atoms with Gasteiger partial charge in [0.25, 0.3) is 16.8 Å². The average molecular weight is 444 g/mol. The van der Waals surface area contributed by atoms with Crippen LogP contribution in [0.2, 0.25) is 9.62 Å². The van der Waals surface area contributed by atoms with Crippen LogP contribution in [0.1, 0.15) is 15.2 Å². The number of hydrogen-bond acceptors (Lipinski definition) is 8. The lowest BCUT2D eigenvalue weighted by Gasteiger charge is -2.11. The van der Waals surface area contributed by atoms with Gasteiger partial charge in [-0.05, 0) is 30.0 Å². The molecule has 1 aliphatic rings. The Kier molecular flexibility index (Phi) is 5.61. The minimum Gasteiger partial charge on any atom is -0.292 e. The van der Waals surface area contributed by atoms with E-state index in [1.54, 1.807) is 0 Å². The second kappa shape index (κ2) is 7.77. The van der Waals surface area contributed by atoms with Crippen molar-refractivity contribution in [2.75, 3.05) is 6.54 Å². The van der Waals surface area contributed by atoms with E-state index in [4.69, 9.17) is 23.2 Å². The number of non-ortho nitro benzene ring substituents is 1. The van der Waals surface area contributed by atoms with E-state index in [0.29, 0.717) is 16.6 Å². The fourth-order valence-electron chi connectivity index (χ4n) is 2.14. The van der Waals surface area contributed by atoms with Crippen molar-refractivity contribution in [2.24, 2.45) is 0 Å². The predicted octanol–water partition coefficient (Wildman–Crippen LogP) is 4.28. The predicted molar refractivity (Wildman–Crippen MR) is 102 cm³/mol. The summed E-state index contributed by atoms with van der Waals surface area (Å²) >= 11 is 13.4. The lowest BCUT2D eigenvalue weighted by atomic mass is 10.1. The van der Waals surface area contributed by atoms with Crippen molar-refractivity contribution in [3.05, 3.63) is 59.3 Å². The molecule has 27 heavy (non-hydrogen) atoms. The molecular formula is C15H7Cl2N3O5S2. The maximum absolute atomic E-state index is 12.4. The zero-order valence-electron chi connectivity index (χ0n) is 13.0. The Bertz CT molecular complexity index is 1000. The van der Waals surface area contributed by atoms with Gasteiger partial charge >= 0.3 is 0 Å². The first-order valence-electron chi connectivity index (χ1n) is 7.11. The highest BCUT2D eigenvalue weighted by Gasteiger charge is 2.36. The Labute approximate surface area is 169 Å². The van der Waals surface area contributed by atoms with Gasteiger partial charge in [0.15, 0.2) is 10.3 Å². The molecule has 0 bridgehead atoms. The van der Waals surface area contributed by atoms with Gasteiger partial charge in [-0.25, -0.2) is 4.98 Å². The third-order valence-electron chi connectivity index (χ3n) is 3.42. The molecule has 1 aromatic carbocycles. The Balaban J connectivity index is 1.76. The van der Waals surface area contributed by atoms with Gasteiger partial charge < -0.3 is 0 Å². The van der Waals surface area contributed by atoms with E-state index in [1.807, 2.05) is 0 Å². The Hall–Kier alpha value is -2.27. The number of ketones is 1. The van der Waals surface area contributed by atoms with E-state index in [9.17, 15) is 24.5 Å². The van der Waals surface area contributed by atoms with E-state index >= 15 is 0 Å². The van der Waals surface area contributed by atoms with Crippen LogP contribution in [-0.4, -0.2) is 38.3 Å². The molecule has 2 amide bonds. The molecule has 0 radical (unpaired) electrons. The smallest absolute Gasteiger partial charge is 0.292 e. The van der Waals surface area contributed by atoms with Gasteiger partial charge in [-0.15, -0.1) is 11.3 Å². The summed E-state index contributed by atoms with van der Waals surface area (Å²) in [7, 11) is 0. The van der Waals surface area contributed by atoms with E-state index in [1.165, 1.54) is 30.3 Å². The van der Waals surface area contributed by atoms with Crippen LogP contribution in [-0.2, 0) is 4.79 Å². The number of Topliss-reactive ketones (excluding diaryl/α,β-unsaturated/α-hetero) is 1. The second-order valence-corrected chi connectivity index (χ2v) is 8.08. The van der Waals surface area contributed by atoms with Crippen LogP contribution in [0.25, 0.3) is 6.08 Å². The van der Waals surface area contributed by atoms with Crippen LogP contribution in [0.4, 0.5) is 10.5 Å². The monoisotopic (exact) mass is 443 g/mol. The number of amides is 2. The number of carbonyl (C=O) groups is 3. The maximum Gasteiger partial charge on any atom is 0.293 e. The van der Waals surface area contributed by atoms with Gasteiger partial charge in [-0.3, -0.25) is 29.4 Å². The van der Waals surface area contributed by atoms with E-state index < -0.39 is 28.4 Å². The second-order valence-electron chi connectivity index (χ2n) is 5.12. The number of thioether (sulfide) groups is 1. The minimum absolute atomic E-state index is 0.0960. The molecule has 0 spiro atoms. The number of rotatable bonds is 5. The summed E-state index contributed by atoms with van der Waals surface area (Å²) < 4.78 is 0.193. The standard InChI is InChI=1S/C15H7Cl2N3O5S2/c16-12-10(26-14(17)18-12)5-11-13(22)19(15(23)27-11)6-9(21)7-1-3-8(4-2-7)20(24)25/h1-5H,6H2/b11-5-. The largest absolute Gasteiger partial charge is 0.293 e. The van der Waals surface area contributed by atoms with E-state index in [2.05, 4.69) is 4.98 Å². The van der Waals surface area contributed by atoms with Gasteiger partial charge in [0, 0.05) is 17.7 Å². The van der Waals surface area contributed by atoms with Crippen molar-refractivity contribution in [3.8, 4) is 0 Å². The van der Waals surface area contributed by atoms with Crippen molar-refractivity contribution in [1.29, 1.82) is 0 Å². The van der Waals surface area contributed by atoms with Crippen molar-refractivity contribution in [2.45, 2.75) is 0 Å². The Morgan fingerprint density at radius 3 is 2.48 bits per heavy atom. The molecule has 0 aliphatic carbocycles. The molecular weight excluding hydrogens is 437 g/mol. The quantitative estimate of drug-likeness (QED) is 0.293. The number of benzene rings is 1. The first-order chi connectivity index (χ1) is 12.8. The van der Waals surface area contributed by atoms with Crippen LogP contribution in [0.5, 0.6) is 0 Å². The van der Waals surface area contributed by atoms with Gasteiger partial charge in [0.2, 0.25) is 0 Å². The lowest BCUT2D eigenvalue weighted by molar-refractivity contribution is -0.384. The number of halogens is 2. The Morgan fingerprint density at radius 1 is 1.26 bits per heavy atom. The Morgan fingerprint density at radius 2 is 1.93 bits per heavy atom. The van der Waals surface area contributed by atoms with Crippen LogP contribution < -0.4 is 0 Å². The molecule has 1 saturated heterocycles. The summed E-state index contributed by atoms with van der Waals surface area (Å²) in [6.07, 6.45) is 1.40. The maximum atomic E-state index is 12.4. The first kappa shape index (κ1) is 19.5. The summed E-state index contributed by atoms with van der Waals surface area (Å²) in [5.74, 6) is -1.16. The van der Waals surface area contributed by atoms with Crippen molar-refractivity contribution in [3.63, 3.8) is 0 Å². The van der Waals surface area contributed by atoms with Crippen molar-refractivity contribution >= 4 is 75.0 Å². The molecule has 0 N–H and O–H groups in total. The van der Waals surface area contributed by atoms with Crippen LogP contribution in [0.15, 0.2) is 29.2 Å². The SMILES string of the molecule is O=C(CN1C(=O)S/C(=C\c2sc(Cl)nc2Cl)C1=O)c1ccc([N+](=O)[O-])cc1. The third kappa shape index (κ3) is 4.19. The molecule has 2 heterocycles. The number of nitrogens with zero attached hydrogens (tertiary/aromatic N) is 3. The van der Waals surface area contributed by atoms with Gasteiger partial charge in [-0.2, -0.15) is 0 Å². The zero-order valence-corrected chi connectivity index (χ0v) is 16.2. The van der Waals surface area contributed by atoms with Crippen LogP contribution >= 0.6 is 46.3 Å². The number of carbonyl (C=O) groups excluding carboxylic acids is 3. The number of nitro benzene ring substituents is 1. The molecule has 138 valence electrons. The zero-order chi connectivity index (χ0) is 19.7. The molecule has 0 atom stereocenters. The number of thiazole rings is 1. The van der Waals surface area contributed by atoms with Crippen LogP contribution in [0, 0.1) is 10.1 Å². The summed E-state index contributed by atoms with van der Waals surface area (Å²) in [5.41, 5.74) is -0.0124. The molecule has 1 aromatic heterocycles. The first-order valence-corrected chi connectivity index (χ1v) is 9.50. The fraction of sp³-hybridized carbons (Fsp3) is 0.0667. The number of nitro groups is 1. The van der Waals surface area contributed by atoms with Gasteiger partial charge in [0.1, 0.15) is 5.15 Å². The molecule has 8 nitrogen and oxygen atoms in total. The molecule has 0 saturated carbocycles. The summed E-state index contributed by atoms with van der Waals surface area (Å²) in [4.78, 5) is 52.0. The third-order valence-corrected chi connectivity index (χ3v) is 5.84. The van der Waals surface area contributed by atoms with E-state index in [-0.39, 0.29) is 25.8 Å². The molecule has 1 fully saturated rings. The summed E-state index contributed by atoms with van der Waals surface area (Å²) in [6, 6.07) is 4.90. The van der Waals surface area contributed by atoms with Gasteiger partial charge in [-0.1, -0.05) is 23.2 Å². The lowest BCUT2D eigenvalue weighted by Crippen LogP contribution is -2.33. The molecule has 1 aliphatic heterocycles. The molecule has 3 rings (SSSR count). The number of imide groups is 1. The highest BCUT2D eigenvalue weighted by molar-refractivity contribution is 8.18. The van der Waals surface area contributed by atoms with Crippen molar-refractivity contribution < 1.29 is 19.3 Å². The fourth-order valence-corrected chi connectivity index (χ4v) is 4.34.